The molecule has 0 unspecified atom stereocenters. The van der Waals surface area contributed by atoms with E-state index in [4.69, 9.17) is 17.3 Å². The van der Waals surface area contributed by atoms with E-state index in [1.165, 1.54) is 0 Å². The lowest BCUT2D eigenvalue weighted by Crippen LogP contribution is -2.06. The van der Waals surface area contributed by atoms with Crippen molar-refractivity contribution in [1.82, 2.24) is 4.98 Å². The quantitative estimate of drug-likeness (QED) is 0.792. The predicted octanol–water partition coefficient (Wildman–Crippen LogP) is 1.94. The van der Waals surface area contributed by atoms with Gasteiger partial charge in [-0.05, 0) is 0 Å². The first-order chi connectivity index (χ1) is 6.61. The maximum atomic E-state index is 12.3. The van der Waals surface area contributed by atoms with Crippen LogP contribution in [0, 0.1) is 0 Å². The number of halogens is 3. The number of hydrogen-bond acceptors (Lipinski definition) is 3. The number of nitrogens with zero attached hydrogens (tertiary/aromatic N) is 1. The molecule has 0 fully saturated rings. The van der Waals surface area contributed by atoms with Crippen molar-refractivity contribution in [2.24, 2.45) is 5.73 Å². The molecular weight excluding hydrogens is 214 g/mol. The maximum Gasteiger partial charge on any atom is 0.266 e. The fourth-order valence-corrected chi connectivity index (χ4v) is 1.28. The molecule has 0 radical (unpaired) electrons. The summed E-state index contributed by atoms with van der Waals surface area (Å²) in [5.74, 6) is 0. The fourth-order valence-electron chi connectivity index (χ4n) is 0.990. The van der Waals surface area contributed by atoms with Gasteiger partial charge < -0.3 is 5.73 Å². The third-order valence-electron chi connectivity index (χ3n) is 1.71. The molecular formula is C8H7ClF2N2O. The molecule has 1 heterocycles. The number of hydrogen-bond donors (Lipinski definition) is 1. The minimum Gasteiger partial charge on any atom is -0.325 e. The molecule has 0 aliphatic heterocycles. The highest BCUT2D eigenvalue weighted by molar-refractivity contribution is 6.33. The highest BCUT2D eigenvalue weighted by atomic mass is 35.5. The minimum absolute atomic E-state index is 0.0166. The highest BCUT2D eigenvalue weighted by Gasteiger charge is 2.17. The van der Waals surface area contributed by atoms with E-state index in [-0.39, 0.29) is 22.8 Å². The summed E-state index contributed by atoms with van der Waals surface area (Å²) in [4.78, 5) is 14.2. The van der Waals surface area contributed by atoms with E-state index >= 15 is 0 Å². The van der Waals surface area contributed by atoms with E-state index in [0.29, 0.717) is 6.29 Å². The van der Waals surface area contributed by atoms with E-state index in [2.05, 4.69) is 4.98 Å². The van der Waals surface area contributed by atoms with E-state index in [1.807, 2.05) is 0 Å². The van der Waals surface area contributed by atoms with Crippen molar-refractivity contribution in [3.05, 3.63) is 28.0 Å². The summed E-state index contributed by atoms with van der Waals surface area (Å²) in [6.45, 7) is -0.0166. The molecule has 0 aromatic carbocycles. The Kier molecular flexibility index (Phi) is 3.49. The van der Waals surface area contributed by atoms with Crippen LogP contribution in [0.4, 0.5) is 8.78 Å². The molecule has 0 bridgehead atoms. The van der Waals surface area contributed by atoms with Crippen LogP contribution in [-0.4, -0.2) is 11.3 Å². The van der Waals surface area contributed by atoms with E-state index in [1.54, 1.807) is 0 Å². The molecule has 1 rings (SSSR count). The third kappa shape index (κ3) is 1.88. The van der Waals surface area contributed by atoms with Crippen LogP contribution >= 0.6 is 11.6 Å². The molecule has 0 amide bonds. The van der Waals surface area contributed by atoms with Crippen molar-refractivity contribution in [1.29, 1.82) is 0 Å². The molecule has 1 aromatic rings. The monoisotopic (exact) mass is 220 g/mol. The number of alkyl halides is 2. The second-order valence-corrected chi connectivity index (χ2v) is 2.89. The number of carbonyl (C=O) groups excluding carboxylic acids is 1. The molecule has 0 saturated carbocycles. The first-order valence-corrected chi connectivity index (χ1v) is 4.10. The summed E-state index contributed by atoms with van der Waals surface area (Å²) in [7, 11) is 0. The van der Waals surface area contributed by atoms with Gasteiger partial charge in [-0.25, -0.2) is 8.78 Å². The first-order valence-electron chi connectivity index (χ1n) is 3.72. The Labute approximate surface area is 83.9 Å². The largest absolute Gasteiger partial charge is 0.325 e. The Hall–Kier alpha value is -1.07. The maximum absolute atomic E-state index is 12.3. The molecule has 0 aliphatic carbocycles. The number of aromatic nitrogens is 1. The molecule has 0 aliphatic rings. The molecule has 76 valence electrons. The zero-order valence-electron chi connectivity index (χ0n) is 7.01. The average Bonchev–Trinajstić information content (AvgIpc) is 2.16. The molecule has 0 atom stereocenters. The molecule has 0 spiro atoms. The number of rotatable bonds is 3. The Morgan fingerprint density at radius 1 is 1.64 bits per heavy atom. The van der Waals surface area contributed by atoms with Gasteiger partial charge in [0.25, 0.3) is 6.43 Å². The lowest BCUT2D eigenvalue weighted by atomic mass is 10.1. The summed E-state index contributed by atoms with van der Waals surface area (Å²) in [5.41, 5.74) is 4.95. The molecule has 0 saturated heterocycles. The van der Waals surface area contributed by atoms with Crippen LogP contribution in [0.1, 0.15) is 28.0 Å². The summed E-state index contributed by atoms with van der Waals surface area (Å²) in [6.07, 6.45) is -1.44. The van der Waals surface area contributed by atoms with Gasteiger partial charge in [-0.3, -0.25) is 9.78 Å². The zero-order valence-corrected chi connectivity index (χ0v) is 7.76. The summed E-state index contributed by atoms with van der Waals surface area (Å²) < 4.78 is 24.6. The van der Waals surface area contributed by atoms with Crippen LogP contribution in [-0.2, 0) is 6.54 Å². The lowest BCUT2D eigenvalue weighted by molar-refractivity contribution is 0.112. The van der Waals surface area contributed by atoms with Gasteiger partial charge in [-0.15, -0.1) is 0 Å². The van der Waals surface area contributed by atoms with Gasteiger partial charge in [0.15, 0.2) is 6.29 Å². The second-order valence-electron chi connectivity index (χ2n) is 2.51. The van der Waals surface area contributed by atoms with Crippen molar-refractivity contribution >= 4 is 17.9 Å². The van der Waals surface area contributed by atoms with Gasteiger partial charge in [0.2, 0.25) is 0 Å². The number of aldehydes is 1. The van der Waals surface area contributed by atoms with Crippen LogP contribution in [0.15, 0.2) is 6.20 Å². The molecule has 14 heavy (non-hydrogen) atoms. The Morgan fingerprint density at radius 3 is 2.71 bits per heavy atom. The predicted molar refractivity (Wildman–Crippen MR) is 47.5 cm³/mol. The van der Waals surface area contributed by atoms with Crippen molar-refractivity contribution in [3.63, 3.8) is 0 Å². The Bertz CT molecular complexity index is 357. The first kappa shape index (κ1) is 11.0. The zero-order chi connectivity index (χ0) is 10.7. The SMILES string of the molecule is NCc1ncc(C(F)F)c(Cl)c1C=O. The Balaban J connectivity index is 3.34. The van der Waals surface area contributed by atoms with Crippen molar-refractivity contribution in [2.75, 3.05) is 0 Å². The summed E-state index contributed by atoms with van der Waals surface area (Å²) in [6, 6.07) is 0. The summed E-state index contributed by atoms with van der Waals surface area (Å²) >= 11 is 5.58. The Morgan fingerprint density at radius 2 is 2.29 bits per heavy atom. The topological polar surface area (TPSA) is 56.0 Å². The van der Waals surface area contributed by atoms with Crippen molar-refractivity contribution < 1.29 is 13.6 Å². The number of nitrogens with two attached hydrogens (primary N) is 1. The van der Waals surface area contributed by atoms with Crippen LogP contribution in [0.5, 0.6) is 0 Å². The van der Waals surface area contributed by atoms with Gasteiger partial charge >= 0.3 is 0 Å². The van der Waals surface area contributed by atoms with Gasteiger partial charge in [0, 0.05) is 12.7 Å². The van der Waals surface area contributed by atoms with Gasteiger partial charge in [-0.1, -0.05) is 11.6 Å². The summed E-state index contributed by atoms with van der Waals surface area (Å²) in [5, 5.41) is -0.273. The van der Waals surface area contributed by atoms with Crippen LogP contribution in [0.2, 0.25) is 5.02 Å². The van der Waals surface area contributed by atoms with Crippen LogP contribution in [0.3, 0.4) is 0 Å². The molecule has 2 N–H and O–H groups in total. The van der Waals surface area contributed by atoms with E-state index < -0.39 is 12.0 Å². The fraction of sp³-hybridized carbons (Fsp3) is 0.250. The van der Waals surface area contributed by atoms with Crippen LogP contribution in [0.25, 0.3) is 0 Å². The molecule has 1 aromatic heterocycles. The molecule has 3 nitrogen and oxygen atoms in total. The van der Waals surface area contributed by atoms with E-state index in [9.17, 15) is 13.6 Å². The second kappa shape index (κ2) is 4.43. The molecule has 6 heteroatoms. The number of pyridine rings is 1. The third-order valence-corrected chi connectivity index (χ3v) is 2.13. The normalized spacial score (nSPS) is 10.6. The van der Waals surface area contributed by atoms with Crippen molar-refractivity contribution in [3.8, 4) is 0 Å². The van der Waals surface area contributed by atoms with Crippen molar-refractivity contribution in [2.45, 2.75) is 13.0 Å². The van der Waals surface area contributed by atoms with Gasteiger partial charge in [0.1, 0.15) is 0 Å². The smallest absolute Gasteiger partial charge is 0.266 e. The highest BCUT2D eigenvalue weighted by Crippen LogP contribution is 2.29. The average molecular weight is 221 g/mol. The van der Waals surface area contributed by atoms with E-state index in [0.717, 1.165) is 6.20 Å². The van der Waals surface area contributed by atoms with Crippen LogP contribution < -0.4 is 5.73 Å². The lowest BCUT2D eigenvalue weighted by Gasteiger charge is -2.07. The standard InChI is InChI=1S/C8H7ClF2N2O/c9-7-4(8(10)11)2-13-6(1-12)5(7)3-14/h2-3,8H,1,12H2. The minimum atomic E-state index is -2.75. The number of carbonyl (C=O) groups is 1. The van der Waals surface area contributed by atoms with Gasteiger partial charge in [-0.2, -0.15) is 0 Å². The van der Waals surface area contributed by atoms with Gasteiger partial charge in [0.05, 0.1) is 21.8 Å².